The van der Waals surface area contributed by atoms with E-state index in [0.29, 0.717) is 26.2 Å². The fraction of sp³-hybridized carbons (Fsp3) is 0.294. The molecule has 2 aromatic carbocycles. The maximum Gasteiger partial charge on any atom is 0.243 e. The molecule has 0 bridgehead atoms. The number of nitrogens with one attached hydrogen (secondary N) is 1. The summed E-state index contributed by atoms with van der Waals surface area (Å²) in [6.45, 7) is 2.99. The molecule has 0 amide bonds. The van der Waals surface area contributed by atoms with Crippen molar-refractivity contribution >= 4 is 21.6 Å². The van der Waals surface area contributed by atoms with Crippen molar-refractivity contribution in [2.24, 2.45) is 0 Å². The molecule has 0 saturated carbocycles. The van der Waals surface area contributed by atoms with Crippen LogP contribution >= 0.6 is 11.6 Å². The van der Waals surface area contributed by atoms with Crippen LogP contribution in [-0.2, 0) is 16.6 Å². The number of hydrogen-bond donors (Lipinski definition) is 1. The monoisotopic (exact) mass is 369 g/mol. The van der Waals surface area contributed by atoms with Gasteiger partial charge in [0, 0.05) is 10.6 Å². The highest BCUT2D eigenvalue weighted by atomic mass is 35.5. The number of rotatable bonds is 4. The van der Waals surface area contributed by atoms with E-state index >= 15 is 0 Å². The Kier molecular flexibility index (Phi) is 5.20. The molecule has 3 rings (SSSR count). The van der Waals surface area contributed by atoms with Gasteiger partial charge in [-0.3, -0.25) is 0 Å². The zero-order valence-electron chi connectivity index (χ0n) is 13.1. The van der Waals surface area contributed by atoms with E-state index < -0.39 is 15.8 Å². The van der Waals surface area contributed by atoms with Crippen LogP contribution in [0.15, 0.2) is 53.4 Å². The van der Waals surface area contributed by atoms with Gasteiger partial charge >= 0.3 is 0 Å². The summed E-state index contributed by atoms with van der Waals surface area (Å²) in [5.41, 5.74) is 1.07. The Morgan fingerprint density at radius 1 is 1.08 bits per heavy atom. The summed E-state index contributed by atoms with van der Waals surface area (Å²) in [6.07, 6.45) is 0. The first-order valence-electron chi connectivity index (χ1n) is 7.79. The number of hydrogen-bond acceptors (Lipinski definition) is 2. The van der Waals surface area contributed by atoms with Gasteiger partial charge in [-0.2, -0.15) is 4.31 Å². The SMILES string of the molecule is O=S(=O)(c1cccc(F)c1)N1CC[NH+](Cc2ccccc2Cl)CC1. The summed E-state index contributed by atoms with van der Waals surface area (Å²) in [6, 6.07) is 12.9. The molecule has 1 saturated heterocycles. The first-order chi connectivity index (χ1) is 11.5. The molecule has 24 heavy (non-hydrogen) atoms. The fourth-order valence-electron chi connectivity index (χ4n) is 2.91. The number of benzene rings is 2. The van der Waals surface area contributed by atoms with Crippen LogP contribution in [0.2, 0.25) is 5.02 Å². The average Bonchev–Trinajstić information content (AvgIpc) is 2.57. The maximum absolute atomic E-state index is 13.3. The van der Waals surface area contributed by atoms with Gasteiger partial charge in [0.15, 0.2) is 0 Å². The fourth-order valence-corrected chi connectivity index (χ4v) is 4.58. The van der Waals surface area contributed by atoms with Crippen LogP contribution in [0.5, 0.6) is 0 Å². The van der Waals surface area contributed by atoms with E-state index in [-0.39, 0.29) is 4.90 Å². The lowest BCUT2D eigenvalue weighted by atomic mass is 10.2. The molecule has 1 fully saturated rings. The Hall–Kier alpha value is -1.47. The Morgan fingerprint density at radius 3 is 2.46 bits per heavy atom. The molecule has 7 heteroatoms. The molecule has 4 nitrogen and oxygen atoms in total. The minimum atomic E-state index is -3.64. The molecule has 0 aromatic heterocycles. The van der Waals surface area contributed by atoms with Crippen LogP contribution in [0.3, 0.4) is 0 Å². The van der Waals surface area contributed by atoms with Gasteiger partial charge in [-0.25, -0.2) is 12.8 Å². The van der Waals surface area contributed by atoms with Gasteiger partial charge in [-0.15, -0.1) is 0 Å². The number of piperazine rings is 1. The zero-order valence-corrected chi connectivity index (χ0v) is 14.7. The van der Waals surface area contributed by atoms with E-state index in [2.05, 4.69) is 0 Å². The van der Waals surface area contributed by atoms with Gasteiger partial charge in [0.25, 0.3) is 0 Å². The predicted octanol–water partition coefficient (Wildman–Crippen LogP) is 1.57. The molecule has 0 atom stereocenters. The Morgan fingerprint density at radius 2 is 1.79 bits per heavy atom. The summed E-state index contributed by atoms with van der Waals surface area (Å²) in [4.78, 5) is 1.30. The topological polar surface area (TPSA) is 41.8 Å². The molecule has 1 heterocycles. The second-order valence-corrected chi connectivity index (χ2v) is 8.22. The molecule has 128 valence electrons. The minimum absolute atomic E-state index is 0.0112. The van der Waals surface area contributed by atoms with Crippen molar-refractivity contribution in [3.8, 4) is 0 Å². The first kappa shape index (κ1) is 17.4. The van der Waals surface area contributed by atoms with Crippen LogP contribution in [0, 0.1) is 5.82 Å². The molecule has 0 radical (unpaired) electrons. The lowest BCUT2D eigenvalue weighted by Crippen LogP contribution is -3.13. The van der Waals surface area contributed by atoms with Crippen molar-refractivity contribution in [1.29, 1.82) is 0 Å². The third-order valence-electron chi connectivity index (χ3n) is 4.26. The Bertz CT molecular complexity index is 821. The zero-order chi connectivity index (χ0) is 17.2. The van der Waals surface area contributed by atoms with Crippen molar-refractivity contribution in [2.45, 2.75) is 11.4 Å². The van der Waals surface area contributed by atoms with Gasteiger partial charge < -0.3 is 4.90 Å². The third-order valence-corrected chi connectivity index (χ3v) is 6.53. The van der Waals surface area contributed by atoms with Gasteiger partial charge in [0.1, 0.15) is 12.4 Å². The first-order valence-corrected chi connectivity index (χ1v) is 9.61. The molecule has 1 aliphatic rings. The second-order valence-electron chi connectivity index (χ2n) is 5.88. The van der Waals surface area contributed by atoms with Gasteiger partial charge in [-0.1, -0.05) is 35.9 Å². The quantitative estimate of drug-likeness (QED) is 0.888. The van der Waals surface area contributed by atoms with Crippen LogP contribution in [-0.4, -0.2) is 38.9 Å². The van der Waals surface area contributed by atoms with E-state index in [1.54, 1.807) is 0 Å². The molecular formula is C17H19ClFN2O2S+. The van der Waals surface area contributed by atoms with Gasteiger partial charge in [0.2, 0.25) is 10.0 Å². The van der Waals surface area contributed by atoms with Crippen molar-refractivity contribution in [3.05, 3.63) is 64.9 Å². The summed E-state index contributed by atoms with van der Waals surface area (Å²) < 4.78 is 39.9. The van der Waals surface area contributed by atoms with Crippen molar-refractivity contribution in [2.75, 3.05) is 26.2 Å². The highest BCUT2D eigenvalue weighted by Crippen LogP contribution is 2.17. The highest BCUT2D eigenvalue weighted by molar-refractivity contribution is 7.89. The lowest BCUT2D eigenvalue weighted by molar-refractivity contribution is -0.917. The third kappa shape index (κ3) is 3.78. The van der Waals surface area contributed by atoms with E-state index in [1.165, 1.54) is 27.4 Å². The molecule has 0 aliphatic carbocycles. The normalized spacial score (nSPS) is 17.1. The summed E-state index contributed by atoms with van der Waals surface area (Å²) in [5, 5.41) is 0.736. The van der Waals surface area contributed by atoms with Crippen LogP contribution < -0.4 is 4.90 Å². The summed E-state index contributed by atoms with van der Waals surface area (Å²) >= 11 is 6.18. The maximum atomic E-state index is 13.3. The summed E-state index contributed by atoms with van der Waals surface area (Å²) in [5.74, 6) is -0.543. The van der Waals surface area contributed by atoms with E-state index in [9.17, 15) is 12.8 Å². The van der Waals surface area contributed by atoms with Gasteiger partial charge in [-0.05, 0) is 24.3 Å². The van der Waals surface area contributed by atoms with Crippen LogP contribution in [0.25, 0.3) is 0 Å². The van der Waals surface area contributed by atoms with Crippen LogP contribution in [0.4, 0.5) is 4.39 Å². The molecule has 2 aromatic rings. The Balaban J connectivity index is 1.65. The molecular weight excluding hydrogens is 351 g/mol. The molecule has 1 N–H and O–H groups in total. The van der Waals surface area contributed by atoms with E-state index in [1.807, 2.05) is 24.3 Å². The standard InChI is InChI=1S/C17H18ClFN2O2S/c18-17-7-2-1-4-14(17)13-20-8-10-21(11-9-20)24(22,23)16-6-3-5-15(19)12-16/h1-7,12H,8-11,13H2/p+1. The lowest BCUT2D eigenvalue weighted by Gasteiger charge is -2.31. The predicted molar refractivity (Wildman–Crippen MR) is 91.0 cm³/mol. The number of sulfonamides is 1. The van der Waals surface area contributed by atoms with Gasteiger partial charge in [0.05, 0.1) is 31.1 Å². The largest absolute Gasteiger partial charge is 0.329 e. The average molecular weight is 370 g/mol. The van der Waals surface area contributed by atoms with Crippen LogP contribution in [0.1, 0.15) is 5.56 Å². The minimum Gasteiger partial charge on any atom is -0.329 e. The number of halogens is 2. The summed E-state index contributed by atoms with van der Waals surface area (Å²) in [7, 11) is -3.64. The number of nitrogens with zero attached hydrogens (tertiary/aromatic N) is 1. The van der Waals surface area contributed by atoms with Crippen molar-refractivity contribution in [1.82, 2.24) is 4.31 Å². The molecule has 0 unspecified atom stereocenters. The smallest absolute Gasteiger partial charge is 0.243 e. The molecule has 1 aliphatic heterocycles. The van der Waals surface area contributed by atoms with E-state index in [0.717, 1.165) is 23.2 Å². The van der Waals surface area contributed by atoms with Crippen molar-refractivity contribution < 1.29 is 17.7 Å². The molecule has 0 spiro atoms. The highest BCUT2D eigenvalue weighted by Gasteiger charge is 2.30. The van der Waals surface area contributed by atoms with Crippen molar-refractivity contribution in [3.63, 3.8) is 0 Å². The Labute approximate surface area is 146 Å². The second kappa shape index (κ2) is 7.19. The van der Waals surface area contributed by atoms with E-state index in [4.69, 9.17) is 11.6 Å². The number of quaternary nitrogens is 1.